The summed E-state index contributed by atoms with van der Waals surface area (Å²) < 4.78 is 10.6. The van der Waals surface area contributed by atoms with E-state index in [2.05, 4.69) is 28.5 Å². The van der Waals surface area contributed by atoms with Crippen LogP contribution in [0.25, 0.3) is 10.9 Å². The van der Waals surface area contributed by atoms with E-state index in [0.717, 1.165) is 36.0 Å². The Labute approximate surface area is 158 Å². The van der Waals surface area contributed by atoms with Gasteiger partial charge in [-0.25, -0.2) is 0 Å². The molecule has 1 atom stereocenters. The summed E-state index contributed by atoms with van der Waals surface area (Å²) in [5.74, 6) is 1.31. The molecule has 5 nitrogen and oxygen atoms in total. The van der Waals surface area contributed by atoms with Gasteiger partial charge in [-0.2, -0.15) is 0 Å². The monoisotopic (exact) mass is 364 g/mol. The molecule has 0 saturated heterocycles. The third kappa shape index (κ3) is 3.37. The first-order valence-electron chi connectivity index (χ1n) is 9.29. The van der Waals surface area contributed by atoms with Crippen LogP contribution in [0, 0.1) is 0 Å². The lowest BCUT2D eigenvalue weighted by atomic mass is 9.91. The third-order valence-corrected chi connectivity index (χ3v) is 5.26. The van der Waals surface area contributed by atoms with Crippen LogP contribution in [0.5, 0.6) is 11.5 Å². The smallest absolute Gasteiger partial charge is 0.224 e. The summed E-state index contributed by atoms with van der Waals surface area (Å²) in [5, 5.41) is 4.48. The van der Waals surface area contributed by atoms with Crippen molar-refractivity contribution in [3.63, 3.8) is 0 Å². The number of carbonyl (C=O) groups is 1. The summed E-state index contributed by atoms with van der Waals surface area (Å²) in [4.78, 5) is 16.2. The highest BCUT2D eigenvalue weighted by atomic mass is 16.5. The number of aromatic nitrogens is 1. The molecule has 5 heteroatoms. The SMILES string of the molecule is COc1ccc(CC(=O)NC2CCCc3c2[nH]c2ccccc32)cc1OC. The molecule has 27 heavy (non-hydrogen) atoms. The summed E-state index contributed by atoms with van der Waals surface area (Å²) in [6.45, 7) is 0. The summed E-state index contributed by atoms with van der Waals surface area (Å²) >= 11 is 0. The van der Waals surface area contributed by atoms with E-state index in [1.54, 1.807) is 14.2 Å². The van der Waals surface area contributed by atoms with E-state index in [9.17, 15) is 4.79 Å². The average Bonchev–Trinajstić information content (AvgIpc) is 3.07. The number of aromatic amines is 1. The van der Waals surface area contributed by atoms with Crippen LogP contribution in [0.4, 0.5) is 0 Å². The molecule has 1 heterocycles. The van der Waals surface area contributed by atoms with Crippen molar-refractivity contribution in [2.45, 2.75) is 31.7 Å². The van der Waals surface area contributed by atoms with Crippen molar-refractivity contribution < 1.29 is 14.3 Å². The van der Waals surface area contributed by atoms with Gasteiger partial charge in [0.25, 0.3) is 0 Å². The zero-order valence-corrected chi connectivity index (χ0v) is 15.7. The maximum Gasteiger partial charge on any atom is 0.224 e. The first-order valence-corrected chi connectivity index (χ1v) is 9.29. The number of amides is 1. The fourth-order valence-electron chi connectivity index (χ4n) is 3.98. The molecule has 0 radical (unpaired) electrons. The molecule has 1 unspecified atom stereocenters. The molecule has 0 spiro atoms. The number of nitrogens with one attached hydrogen (secondary N) is 2. The van der Waals surface area contributed by atoms with Crippen LogP contribution in [-0.2, 0) is 17.6 Å². The molecular weight excluding hydrogens is 340 g/mol. The topological polar surface area (TPSA) is 63.3 Å². The van der Waals surface area contributed by atoms with Crippen LogP contribution < -0.4 is 14.8 Å². The second-order valence-corrected chi connectivity index (χ2v) is 6.94. The number of ether oxygens (including phenoxy) is 2. The molecule has 1 amide bonds. The van der Waals surface area contributed by atoms with E-state index in [-0.39, 0.29) is 11.9 Å². The Morgan fingerprint density at radius 3 is 2.78 bits per heavy atom. The first-order chi connectivity index (χ1) is 13.2. The molecule has 2 N–H and O–H groups in total. The van der Waals surface area contributed by atoms with Gasteiger partial charge in [-0.1, -0.05) is 24.3 Å². The lowest BCUT2D eigenvalue weighted by Crippen LogP contribution is -2.32. The summed E-state index contributed by atoms with van der Waals surface area (Å²) in [6, 6.07) is 14.0. The van der Waals surface area contributed by atoms with E-state index in [1.165, 1.54) is 10.9 Å². The van der Waals surface area contributed by atoms with Crippen molar-refractivity contribution in [2.75, 3.05) is 14.2 Å². The zero-order chi connectivity index (χ0) is 18.8. The minimum atomic E-state index is 0.0127. The standard InChI is InChI=1S/C22H24N2O3/c1-26-19-11-10-14(12-20(19)27-2)13-21(25)23-18-9-5-7-16-15-6-3-4-8-17(15)24-22(16)18/h3-4,6,8,10-12,18,24H,5,7,9,13H2,1-2H3,(H,23,25). The number of aryl methyl sites for hydroxylation is 1. The number of rotatable bonds is 5. The molecule has 0 saturated carbocycles. The van der Waals surface area contributed by atoms with Gasteiger partial charge in [-0.15, -0.1) is 0 Å². The van der Waals surface area contributed by atoms with Crippen LogP contribution >= 0.6 is 0 Å². The number of fused-ring (bicyclic) bond motifs is 3. The third-order valence-electron chi connectivity index (χ3n) is 5.26. The quantitative estimate of drug-likeness (QED) is 0.721. The maximum absolute atomic E-state index is 12.7. The summed E-state index contributed by atoms with van der Waals surface area (Å²) in [7, 11) is 3.20. The number of hydrogen-bond acceptors (Lipinski definition) is 3. The molecular formula is C22H24N2O3. The van der Waals surface area contributed by atoms with Crippen molar-refractivity contribution in [2.24, 2.45) is 0 Å². The van der Waals surface area contributed by atoms with Gasteiger partial charge in [0.1, 0.15) is 0 Å². The molecule has 1 aliphatic rings. The molecule has 0 fully saturated rings. The van der Waals surface area contributed by atoms with Crippen LogP contribution in [-0.4, -0.2) is 25.1 Å². The van der Waals surface area contributed by atoms with Crippen molar-refractivity contribution in [3.8, 4) is 11.5 Å². The normalized spacial score (nSPS) is 16.0. The molecule has 0 aliphatic heterocycles. The lowest BCUT2D eigenvalue weighted by Gasteiger charge is -2.24. The van der Waals surface area contributed by atoms with E-state index >= 15 is 0 Å². The van der Waals surface area contributed by atoms with E-state index < -0.39 is 0 Å². The van der Waals surface area contributed by atoms with Gasteiger partial charge in [0.15, 0.2) is 11.5 Å². The largest absolute Gasteiger partial charge is 0.493 e. The highest BCUT2D eigenvalue weighted by Gasteiger charge is 2.25. The first kappa shape index (κ1) is 17.5. The minimum Gasteiger partial charge on any atom is -0.493 e. The predicted molar refractivity (Wildman–Crippen MR) is 105 cm³/mol. The van der Waals surface area contributed by atoms with Crippen LogP contribution in [0.1, 0.15) is 35.7 Å². The van der Waals surface area contributed by atoms with E-state index in [4.69, 9.17) is 9.47 Å². The number of hydrogen-bond donors (Lipinski definition) is 2. The highest BCUT2D eigenvalue weighted by molar-refractivity contribution is 5.86. The van der Waals surface area contributed by atoms with E-state index in [0.29, 0.717) is 17.9 Å². The summed E-state index contributed by atoms with van der Waals surface area (Å²) in [6.07, 6.45) is 3.40. The van der Waals surface area contributed by atoms with Crippen LogP contribution in [0.15, 0.2) is 42.5 Å². The van der Waals surface area contributed by atoms with Gasteiger partial charge in [0.2, 0.25) is 5.91 Å². The van der Waals surface area contributed by atoms with Crippen molar-refractivity contribution >= 4 is 16.8 Å². The van der Waals surface area contributed by atoms with Gasteiger partial charge in [-0.05, 0) is 48.6 Å². The Morgan fingerprint density at radius 2 is 1.96 bits per heavy atom. The molecule has 3 aromatic rings. The molecule has 0 bridgehead atoms. The maximum atomic E-state index is 12.7. The fourth-order valence-corrected chi connectivity index (χ4v) is 3.98. The number of methoxy groups -OCH3 is 2. The average molecular weight is 364 g/mol. The van der Waals surface area contributed by atoms with E-state index in [1.807, 2.05) is 24.3 Å². The van der Waals surface area contributed by atoms with Gasteiger partial charge in [-0.3, -0.25) is 4.79 Å². The Balaban J connectivity index is 1.51. The number of benzene rings is 2. The van der Waals surface area contributed by atoms with Gasteiger partial charge in [0.05, 0.1) is 26.7 Å². The fraction of sp³-hybridized carbons (Fsp3) is 0.318. The number of carbonyl (C=O) groups excluding carboxylic acids is 1. The van der Waals surface area contributed by atoms with Crippen LogP contribution in [0.3, 0.4) is 0 Å². The Bertz CT molecular complexity index is 977. The lowest BCUT2D eigenvalue weighted by molar-refractivity contribution is -0.121. The Kier molecular flexibility index (Phi) is 4.75. The van der Waals surface area contributed by atoms with Gasteiger partial charge >= 0.3 is 0 Å². The minimum absolute atomic E-state index is 0.0127. The van der Waals surface area contributed by atoms with Crippen molar-refractivity contribution in [3.05, 3.63) is 59.3 Å². The second-order valence-electron chi connectivity index (χ2n) is 6.94. The Hall–Kier alpha value is -2.95. The molecule has 4 rings (SSSR count). The van der Waals surface area contributed by atoms with Gasteiger partial charge in [0, 0.05) is 16.6 Å². The van der Waals surface area contributed by atoms with Gasteiger partial charge < -0.3 is 19.8 Å². The molecule has 1 aliphatic carbocycles. The number of para-hydroxylation sites is 1. The van der Waals surface area contributed by atoms with Crippen LogP contribution in [0.2, 0.25) is 0 Å². The summed E-state index contributed by atoms with van der Waals surface area (Å²) in [5.41, 5.74) is 4.54. The van der Waals surface area contributed by atoms with Crippen molar-refractivity contribution in [1.29, 1.82) is 0 Å². The molecule has 2 aromatic carbocycles. The predicted octanol–water partition coefficient (Wildman–Crippen LogP) is 3.92. The highest BCUT2D eigenvalue weighted by Crippen LogP contribution is 2.34. The molecule has 140 valence electrons. The zero-order valence-electron chi connectivity index (χ0n) is 15.7. The number of H-pyrrole nitrogens is 1. The Morgan fingerprint density at radius 1 is 1.15 bits per heavy atom. The molecule has 1 aromatic heterocycles. The second kappa shape index (κ2) is 7.35. The van der Waals surface area contributed by atoms with Crippen molar-refractivity contribution in [1.82, 2.24) is 10.3 Å².